The molecule has 2 aromatic heterocycles. The number of sulfonamides is 1. The number of hydrogen-bond acceptors (Lipinski definition) is 9. The van der Waals surface area contributed by atoms with E-state index in [1.807, 2.05) is 0 Å². The van der Waals surface area contributed by atoms with Crippen LogP contribution in [0.3, 0.4) is 0 Å². The Balaban J connectivity index is 1.55. The fraction of sp³-hybridized carbons (Fsp3) is 0.375. The third kappa shape index (κ3) is 3.98. The van der Waals surface area contributed by atoms with Crippen LogP contribution >= 0.6 is 0 Å². The topological polar surface area (TPSA) is 151 Å². The maximum Gasteiger partial charge on any atom is 0.241 e. The molecule has 2 bridgehead atoms. The van der Waals surface area contributed by atoms with Crippen LogP contribution in [0.4, 0.5) is 11.8 Å². The first kappa shape index (κ1) is 19.7. The van der Waals surface area contributed by atoms with Gasteiger partial charge in [-0.3, -0.25) is 0 Å². The number of hydrogen-bond donors (Lipinski definition) is 2. The molecule has 3 aliphatic carbocycles. The van der Waals surface area contributed by atoms with E-state index in [0.29, 0.717) is 37.2 Å². The number of nitrogens with two attached hydrogens (primary N) is 1. The van der Waals surface area contributed by atoms with Gasteiger partial charge in [0.05, 0.1) is 28.3 Å². The van der Waals surface area contributed by atoms with Gasteiger partial charge in [-0.05, 0) is 50.2 Å². The molecule has 10 nitrogen and oxygen atoms in total. The van der Waals surface area contributed by atoms with Gasteiger partial charge in [0.1, 0.15) is 11.5 Å². The van der Waals surface area contributed by atoms with Crippen LogP contribution in [0, 0.1) is 23.6 Å². The smallest absolute Gasteiger partial charge is 0.241 e. The van der Waals surface area contributed by atoms with E-state index in [-0.39, 0.29) is 33.2 Å². The minimum Gasteiger partial charge on any atom is -0.382 e. The molecule has 0 radical (unpaired) electrons. The lowest BCUT2D eigenvalue weighted by atomic mass is 9.66. The van der Waals surface area contributed by atoms with Crippen molar-refractivity contribution in [3.8, 4) is 28.6 Å². The van der Waals surface area contributed by atoms with E-state index in [0.717, 1.165) is 0 Å². The second kappa shape index (κ2) is 7.96. The van der Waals surface area contributed by atoms with Crippen molar-refractivity contribution >= 4 is 21.8 Å². The molecule has 6 rings (SSSR count). The summed E-state index contributed by atoms with van der Waals surface area (Å²) in [5.74, 6) is 0.564. The lowest BCUT2D eigenvalue weighted by Gasteiger charge is -2.43. The Bertz CT molecular complexity index is 1560. The first-order valence-corrected chi connectivity index (χ1v) is 12.5. The van der Waals surface area contributed by atoms with Crippen molar-refractivity contribution < 1.29 is 12.5 Å². The lowest BCUT2D eigenvalue weighted by Crippen LogP contribution is -2.55. The highest BCUT2D eigenvalue weighted by molar-refractivity contribution is 7.89. The number of aromatic nitrogens is 4. The number of benzene rings is 1. The normalized spacial score (nSPS) is 24.5. The molecule has 3 saturated carbocycles. The Morgan fingerprint density at radius 2 is 1.91 bits per heavy atom. The molecular weight excluding hydrogens is 464 g/mol. The van der Waals surface area contributed by atoms with Crippen LogP contribution in [0.25, 0.3) is 22.5 Å². The zero-order chi connectivity index (χ0) is 27.5. The Hall–Kier alpha value is -3.62. The van der Waals surface area contributed by atoms with Crippen LogP contribution in [-0.2, 0) is 10.0 Å². The molecule has 0 amide bonds. The second-order valence-corrected chi connectivity index (χ2v) is 11.2. The lowest BCUT2D eigenvalue weighted by molar-refractivity contribution is 0.161. The van der Waals surface area contributed by atoms with Gasteiger partial charge >= 0.3 is 0 Å². The van der Waals surface area contributed by atoms with Crippen LogP contribution in [-0.4, -0.2) is 48.0 Å². The highest BCUT2D eigenvalue weighted by Gasteiger charge is 2.62. The average molecular weight is 494 g/mol. The zero-order valence-corrected chi connectivity index (χ0v) is 20.1. The fourth-order valence-corrected chi connectivity index (χ4v) is 6.45. The number of nitriles is 1. The van der Waals surface area contributed by atoms with Crippen molar-refractivity contribution in [1.29, 1.82) is 5.26 Å². The summed E-state index contributed by atoms with van der Waals surface area (Å²) in [7, 11) is -0.418. The highest BCUT2D eigenvalue weighted by atomic mass is 32.2. The van der Waals surface area contributed by atoms with Crippen molar-refractivity contribution in [2.45, 2.75) is 43.0 Å². The van der Waals surface area contributed by atoms with E-state index < -0.39 is 27.8 Å². The van der Waals surface area contributed by atoms with Crippen molar-refractivity contribution in [2.75, 3.05) is 24.7 Å². The summed E-state index contributed by atoms with van der Waals surface area (Å²) in [6, 6.07) is 6.15. The molecule has 2 heterocycles. The largest absolute Gasteiger partial charge is 0.382 e. The van der Waals surface area contributed by atoms with Gasteiger partial charge in [0.25, 0.3) is 0 Å². The molecule has 11 heteroatoms. The standard InChI is InChI=1S/C24H26N8O2S/c1-15-4-5-17(35(33,34)31-24-7-6-23(12-24,13-24)14-25)8-18(15)19-11-27-21(26)20(30-19)16-9-28-22(29-10-16)32(2)3/h4-5,8-11,31H,6-7,12-13H2,1-3H3,(H2,26,27)/i1D3. The molecule has 0 unspecified atom stereocenters. The predicted molar refractivity (Wildman–Crippen MR) is 132 cm³/mol. The van der Waals surface area contributed by atoms with Crippen molar-refractivity contribution in [3.63, 3.8) is 0 Å². The molecular formula is C24H26N8O2S. The van der Waals surface area contributed by atoms with E-state index in [4.69, 9.17) is 9.85 Å². The summed E-state index contributed by atoms with van der Waals surface area (Å²) in [6.07, 6.45) is 6.55. The van der Waals surface area contributed by atoms with Crippen LogP contribution in [0.5, 0.6) is 0 Å². The number of rotatable bonds is 6. The maximum atomic E-state index is 13.4. The monoisotopic (exact) mass is 493 g/mol. The van der Waals surface area contributed by atoms with Crippen LogP contribution in [0.1, 0.15) is 35.4 Å². The summed E-state index contributed by atoms with van der Waals surface area (Å²) in [6.45, 7) is -2.55. The zero-order valence-electron chi connectivity index (χ0n) is 22.3. The Morgan fingerprint density at radius 3 is 2.54 bits per heavy atom. The molecule has 3 aliphatic rings. The molecule has 0 aliphatic heterocycles. The van der Waals surface area contributed by atoms with Crippen LogP contribution < -0.4 is 15.4 Å². The van der Waals surface area contributed by atoms with Crippen LogP contribution in [0.15, 0.2) is 41.7 Å². The molecule has 180 valence electrons. The molecule has 3 N–H and O–H groups in total. The summed E-state index contributed by atoms with van der Waals surface area (Å²) in [5, 5.41) is 9.41. The predicted octanol–water partition coefficient (Wildman–Crippen LogP) is 2.67. The first-order chi connectivity index (χ1) is 17.8. The van der Waals surface area contributed by atoms with Gasteiger partial charge in [0.2, 0.25) is 16.0 Å². The Kier molecular flexibility index (Phi) is 4.47. The third-order valence-corrected chi connectivity index (χ3v) is 8.29. The molecule has 0 saturated heterocycles. The number of anilines is 2. The highest BCUT2D eigenvalue weighted by Crippen LogP contribution is 2.61. The fourth-order valence-electron chi connectivity index (χ4n) is 5.00. The molecule has 3 aromatic rings. The number of nitrogen functional groups attached to an aromatic ring is 1. The summed E-state index contributed by atoms with van der Waals surface area (Å²) >= 11 is 0. The SMILES string of the molecule is [2H]C([2H])([2H])c1ccc(S(=O)(=O)NC23CCC(C#N)(C2)C3)cc1-c1cnc(N)c(-c2cnc(N(C)C)nc2)n1. The minimum absolute atomic E-state index is 0.0770. The molecule has 1 aromatic carbocycles. The number of nitrogens with zero attached hydrogens (tertiary/aromatic N) is 6. The second-order valence-electron chi connectivity index (χ2n) is 9.49. The molecule has 0 atom stereocenters. The molecule has 3 fully saturated rings. The van der Waals surface area contributed by atoms with Crippen LogP contribution in [0.2, 0.25) is 0 Å². The quantitative estimate of drug-likeness (QED) is 0.528. The minimum atomic E-state index is -4.02. The average Bonchev–Trinajstić information content (AvgIpc) is 3.39. The summed E-state index contributed by atoms with van der Waals surface area (Å²) in [4.78, 5) is 18.9. The van der Waals surface area contributed by atoms with Crippen molar-refractivity contribution in [1.82, 2.24) is 24.7 Å². The van der Waals surface area contributed by atoms with E-state index in [9.17, 15) is 13.7 Å². The van der Waals surface area contributed by atoms with E-state index >= 15 is 0 Å². The van der Waals surface area contributed by atoms with Gasteiger partial charge in [0, 0.05) is 47.3 Å². The molecule has 35 heavy (non-hydrogen) atoms. The van der Waals surface area contributed by atoms with Gasteiger partial charge in [-0.1, -0.05) is 6.07 Å². The first-order valence-electron chi connectivity index (χ1n) is 12.5. The Morgan fingerprint density at radius 1 is 1.17 bits per heavy atom. The van der Waals surface area contributed by atoms with Gasteiger partial charge < -0.3 is 10.6 Å². The summed E-state index contributed by atoms with van der Waals surface area (Å²) < 4.78 is 53.6. The Labute approximate surface area is 208 Å². The van der Waals surface area contributed by atoms with E-state index in [1.54, 1.807) is 19.0 Å². The van der Waals surface area contributed by atoms with E-state index in [1.165, 1.54) is 36.8 Å². The van der Waals surface area contributed by atoms with Crippen molar-refractivity contribution in [3.05, 3.63) is 42.4 Å². The third-order valence-electron chi connectivity index (χ3n) is 6.71. The van der Waals surface area contributed by atoms with Gasteiger partial charge in [-0.2, -0.15) is 5.26 Å². The molecule has 0 spiro atoms. The number of nitrogens with one attached hydrogen (secondary N) is 1. The summed E-state index contributed by atoms with van der Waals surface area (Å²) in [5.41, 5.74) is 5.83. The van der Waals surface area contributed by atoms with Crippen molar-refractivity contribution in [2.24, 2.45) is 5.41 Å². The number of aryl methyl sites for hydroxylation is 1. The number of fused-ring (bicyclic) bond motifs is 1. The van der Waals surface area contributed by atoms with Gasteiger partial charge in [-0.15, -0.1) is 0 Å². The maximum absolute atomic E-state index is 13.4. The van der Waals surface area contributed by atoms with E-state index in [2.05, 4.69) is 30.7 Å². The van der Waals surface area contributed by atoms with Gasteiger partial charge in [-0.25, -0.2) is 33.1 Å². The van der Waals surface area contributed by atoms with Gasteiger partial charge in [0.15, 0.2) is 0 Å².